The molecule has 0 radical (unpaired) electrons. The number of alkyl halides is 2. The largest absolute Gasteiger partial charge is 0.496 e. The third-order valence-electron chi connectivity index (χ3n) is 5.24. The van der Waals surface area contributed by atoms with Gasteiger partial charge in [-0.05, 0) is 37.6 Å². The normalized spacial score (nSPS) is 23.2. The Balaban J connectivity index is 1.64. The van der Waals surface area contributed by atoms with Crippen LogP contribution in [0.5, 0.6) is 5.75 Å². The molecule has 3 aliphatic rings. The van der Waals surface area contributed by atoms with Crippen LogP contribution < -0.4 is 10.2 Å². The lowest BCUT2D eigenvalue weighted by Gasteiger charge is -2.41. The van der Waals surface area contributed by atoms with Crippen molar-refractivity contribution in [2.75, 3.05) is 26.9 Å². The number of aliphatic imine (C=N–C) groups is 2. The lowest BCUT2D eigenvalue weighted by Crippen LogP contribution is -2.53. The van der Waals surface area contributed by atoms with Gasteiger partial charge in [-0.1, -0.05) is 6.07 Å². The first kappa shape index (κ1) is 19.5. The van der Waals surface area contributed by atoms with Gasteiger partial charge in [0.2, 0.25) is 5.96 Å². The summed E-state index contributed by atoms with van der Waals surface area (Å²) in [5.41, 5.74) is 5.60. The second kappa shape index (κ2) is 7.22. The van der Waals surface area contributed by atoms with E-state index in [-0.39, 0.29) is 18.5 Å². The number of rotatable bonds is 3. The van der Waals surface area contributed by atoms with Gasteiger partial charge in [0.1, 0.15) is 12.4 Å². The van der Waals surface area contributed by atoms with Crippen molar-refractivity contribution >= 4 is 17.6 Å². The van der Waals surface area contributed by atoms with Crippen LogP contribution in [0.3, 0.4) is 0 Å². The summed E-state index contributed by atoms with van der Waals surface area (Å²) in [6, 6.07) is 5.13. The number of benzene rings is 1. The number of fused-ring (bicyclic) bond motifs is 1. The third-order valence-corrected chi connectivity index (χ3v) is 5.24. The van der Waals surface area contributed by atoms with Crippen molar-refractivity contribution in [1.29, 1.82) is 0 Å². The fourth-order valence-corrected chi connectivity index (χ4v) is 3.98. The first-order valence-electron chi connectivity index (χ1n) is 9.44. The number of likely N-dealkylation sites (tertiary alicyclic amines) is 1. The average molecular weight is 403 g/mol. The van der Waals surface area contributed by atoms with Crippen LogP contribution in [0.15, 0.2) is 40.0 Å². The van der Waals surface area contributed by atoms with E-state index in [4.69, 9.17) is 4.74 Å². The Morgan fingerprint density at radius 1 is 1.34 bits per heavy atom. The highest BCUT2D eigenvalue weighted by Crippen LogP contribution is 2.37. The Morgan fingerprint density at radius 3 is 2.90 bits per heavy atom. The predicted molar refractivity (Wildman–Crippen MR) is 105 cm³/mol. The van der Waals surface area contributed by atoms with Crippen LogP contribution in [0.4, 0.5) is 8.78 Å². The van der Waals surface area contributed by atoms with E-state index in [2.05, 4.69) is 15.4 Å². The smallest absolute Gasteiger partial charge is 0.266 e. The van der Waals surface area contributed by atoms with E-state index in [1.807, 2.05) is 6.92 Å². The molecule has 1 aromatic rings. The minimum Gasteiger partial charge on any atom is -0.496 e. The number of aryl methyl sites for hydroxylation is 1. The lowest BCUT2D eigenvalue weighted by molar-refractivity contribution is -0.0725. The molecule has 1 atom stereocenters. The summed E-state index contributed by atoms with van der Waals surface area (Å²) in [5, 5.41) is 1.65. The molecule has 9 heteroatoms. The second-order valence-corrected chi connectivity index (χ2v) is 7.58. The van der Waals surface area contributed by atoms with Gasteiger partial charge in [0.25, 0.3) is 11.8 Å². The number of hydrogen-bond acceptors (Lipinski definition) is 6. The summed E-state index contributed by atoms with van der Waals surface area (Å²) in [7, 11) is 1.47. The van der Waals surface area contributed by atoms with Gasteiger partial charge >= 0.3 is 0 Å². The fourth-order valence-electron chi connectivity index (χ4n) is 3.98. The molecule has 0 spiro atoms. The first-order valence-corrected chi connectivity index (χ1v) is 9.44. The highest BCUT2D eigenvalue weighted by molar-refractivity contribution is 6.05. The zero-order valence-electron chi connectivity index (χ0n) is 16.6. The number of guanidine groups is 1. The molecule has 1 N–H and O–H groups in total. The molecule has 3 heterocycles. The van der Waals surface area contributed by atoms with Crippen LogP contribution in [0.25, 0.3) is 0 Å². The van der Waals surface area contributed by atoms with Gasteiger partial charge in [-0.2, -0.15) is 0 Å². The second-order valence-electron chi connectivity index (χ2n) is 7.58. The number of carbonyl (C=O) groups is 1. The number of piperidine rings is 1. The molecule has 0 bridgehead atoms. The van der Waals surface area contributed by atoms with E-state index >= 15 is 0 Å². The number of hydrogen-bond donors (Lipinski definition) is 1. The van der Waals surface area contributed by atoms with Crippen LogP contribution >= 0.6 is 0 Å². The van der Waals surface area contributed by atoms with Crippen molar-refractivity contribution in [3.63, 3.8) is 0 Å². The summed E-state index contributed by atoms with van der Waals surface area (Å²) in [4.78, 5) is 22.9. The standard InChI is InChI=1S/C20H23F2N5O2/c1-12-4-5-15(17(6-12)29-3)18(28)26-9-14(8-20(21,22)10-26)16-7-13(2)25-19-23-11-24-27(16)19/h4-7,14,24H,8-11H2,1-3H3. The first-order chi connectivity index (χ1) is 13.8. The van der Waals surface area contributed by atoms with Crippen LogP contribution in [0.2, 0.25) is 0 Å². The Morgan fingerprint density at radius 2 is 2.14 bits per heavy atom. The van der Waals surface area contributed by atoms with Crippen molar-refractivity contribution in [2.24, 2.45) is 15.9 Å². The summed E-state index contributed by atoms with van der Waals surface area (Å²) in [6.07, 6.45) is 1.44. The molecule has 1 fully saturated rings. The molecular formula is C20H23F2N5O2. The summed E-state index contributed by atoms with van der Waals surface area (Å²) in [5.74, 6) is -3.17. The van der Waals surface area contributed by atoms with Gasteiger partial charge in [-0.15, -0.1) is 0 Å². The van der Waals surface area contributed by atoms with E-state index in [1.54, 1.807) is 36.2 Å². The number of carbonyl (C=O) groups excluding carboxylic acids is 1. The summed E-state index contributed by atoms with van der Waals surface area (Å²) >= 11 is 0. The average Bonchev–Trinajstić information content (AvgIpc) is 3.13. The Bertz CT molecular complexity index is 941. The van der Waals surface area contributed by atoms with Crippen LogP contribution in [0.1, 0.15) is 29.3 Å². The van der Waals surface area contributed by atoms with Gasteiger partial charge in [-0.25, -0.2) is 29.2 Å². The number of halogens is 2. The predicted octanol–water partition coefficient (Wildman–Crippen LogP) is 2.59. The van der Waals surface area contributed by atoms with E-state index in [9.17, 15) is 13.6 Å². The summed E-state index contributed by atoms with van der Waals surface area (Å²) in [6.45, 7) is 3.59. The number of amides is 1. The van der Waals surface area contributed by atoms with Gasteiger partial charge in [-0.3, -0.25) is 4.79 Å². The minimum absolute atomic E-state index is 0.177. The number of ether oxygens (including phenoxy) is 1. The quantitative estimate of drug-likeness (QED) is 0.842. The number of hydrazine groups is 1. The molecule has 29 heavy (non-hydrogen) atoms. The lowest BCUT2D eigenvalue weighted by atomic mass is 9.90. The van der Waals surface area contributed by atoms with Gasteiger partial charge < -0.3 is 9.64 Å². The Labute approximate surface area is 167 Å². The molecule has 1 aromatic carbocycles. The van der Waals surface area contributed by atoms with Gasteiger partial charge in [0, 0.05) is 30.3 Å². The van der Waals surface area contributed by atoms with Crippen molar-refractivity contribution in [1.82, 2.24) is 15.3 Å². The molecular weight excluding hydrogens is 380 g/mol. The molecule has 1 unspecified atom stereocenters. The highest BCUT2D eigenvalue weighted by Gasteiger charge is 2.45. The Kier molecular flexibility index (Phi) is 4.85. The van der Waals surface area contributed by atoms with Crippen molar-refractivity contribution in [2.45, 2.75) is 26.2 Å². The highest BCUT2D eigenvalue weighted by atomic mass is 19.3. The number of methoxy groups -OCH3 is 1. The van der Waals surface area contributed by atoms with E-state index < -0.39 is 24.3 Å². The minimum atomic E-state index is -3.00. The molecule has 1 amide bonds. The van der Waals surface area contributed by atoms with E-state index in [0.717, 1.165) is 5.56 Å². The van der Waals surface area contributed by atoms with Crippen LogP contribution in [-0.2, 0) is 0 Å². The third kappa shape index (κ3) is 3.74. The van der Waals surface area contributed by atoms with Crippen molar-refractivity contribution in [3.05, 3.63) is 41.1 Å². The molecule has 4 rings (SSSR count). The van der Waals surface area contributed by atoms with Crippen molar-refractivity contribution < 1.29 is 18.3 Å². The molecule has 0 aliphatic carbocycles. The SMILES string of the molecule is COc1cc(C)ccc1C(=O)N1CC(C2=CC(C)=NC3=NCNN23)CC(F)(F)C1. The van der Waals surface area contributed by atoms with E-state index in [1.165, 1.54) is 12.0 Å². The molecule has 0 aromatic heterocycles. The maximum atomic E-state index is 14.7. The molecule has 1 saturated heterocycles. The number of nitrogens with zero attached hydrogens (tertiary/aromatic N) is 4. The molecule has 154 valence electrons. The van der Waals surface area contributed by atoms with Crippen LogP contribution in [0, 0.1) is 12.8 Å². The zero-order chi connectivity index (χ0) is 20.8. The monoisotopic (exact) mass is 403 g/mol. The summed E-state index contributed by atoms with van der Waals surface area (Å²) < 4.78 is 34.7. The van der Waals surface area contributed by atoms with E-state index in [0.29, 0.717) is 29.8 Å². The maximum Gasteiger partial charge on any atom is 0.266 e. The molecule has 0 saturated carbocycles. The Hall–Kier alpha value is -2.81. The number of allylic oxidation sites excluding steroid dienone is 1. The number of nitrogens with one attached hydrogen (secondary N) is 1. The van der Waals surface area contributed by atoms with Gasteiger partial charge in [0.05, 0.1) is 19.2 Å². The van der Waals surface area contributed by atoms with Crippen LogP contribution in [-0.4, -0.2) is 60.3 Å². The fraction of sp³-hybridized carbons (Fsp3) is 0.450. The maximum absolute atomic E-state index is 14.7. The zero-order valence-corrected chi connectivity index (χ0v) is 16.6. The molecule has 3 aliphatic heterocycles. The van der Waals surface area contributed by atoms with Crippen molar-refractivity contribution in [3.8, 4) is 5.75 Å². The topological polar surface area (TPSA) is 69.5 Å². The molecule has 7 nitrogen and oxygen atoms in total. The van der Waals surface area contributed by atoms with Gasteiger partial charge in [0.15, 0.2) is 0 Å².